The molecule has 108 valence electrons. The molecule has 0 fully saturated rings. The first kappa shape index (κ1) is 15.3. The molecule has 0 aliphatic heterocycles. The summed E-state index contributed by atoms with van der Waals surface area (Å²) in [5.74, 6) is -0.0165. The van der Waals surface area contributed by atoms with Crippen LogP contribution < -0.4 is 5.32 Å². The largest absolute Gasteiger partial charge is 0.361 e. The average Bonchev–Trinajstić information content (AvgIpc) is 2.44. The van der Waals surface area contributed by atoms with Gasteiger partial charge in [0.1, 0.15) is 0 Å². The number of carbonyl (C=O) groups is 1. The third kappa shape index (κ3) is 3.96. The Morgan fingerprint density at radius 1 is 1.00 bits per heavy atom. The van der Waals surface area contributed by atoms with Crippen molar-refractivity contribution >= 4 is 23.1 Å². The van der Waals surface area contributed by atoms with Gasteiger partial charge in [0.15, 0.2) is 5.78 Å². The maximum atomic E-state index is 12.1. The molecule has 0 unspecified atom stereocenters. The molecule has 3 heteroatoms. The lowest BCUT2D eigenvalue weighted by Crippen LogP contribution is -1.98. The van der Waals surface area contributed by atoms with Crippen LogP contribution in [0.3, 0.4) is 0 Å². The second-order valence-corrected chi connectivity index (χ2v) is 5.54. The Labute approximate surface area is 130 Å². The molecule has 0 radical (unpaired) electrons. The topological polar surface area (TPSA) is 29.1 Å². The summed E-state index contributed by atoms with van der Waals surface area (Å²) in [6, 6.07) is 11.3. The fourth-order valence-electron chi connectivity index (χ4n) is 1.99. The molecule has 2 rings (SSSR count). The highest BCUT2D eigenvalue weighted by Gasteiger charge is 2.03. The number of ketones is 1. The minimum Gasteiger partial charge on any atom is -0.361 e. The van der Waals surface area contributed by atoms with Gasteiger partial charge in [-0.05, 0) is 61.7 Å². The predicted octanol–water partition coefficient (Wildman–Crippen LogP) is 5.07. The van der Waals surface area contributed by atoms with E-state index < -0.39 is 0 Å². The fraction of sp³-hybridized carbons (Fsp3) is 0.167. The van der Waals surface area contributed by atoms with E-state index in [1.54, 1.807) is 6.20 Å². The first-order chi connectivity index (χ1) is 9.97. The molecular weight excluding hydrogens is 282 g/mol. The lowest BCUT2D eigenvalue weighted by atomic mass is 10.0. The van der Waals surface area contributed by atoms with E-state index in [0.717, 1.165) is 16.8 Å². The van der Waals surface area contributed by atoms with Crippen molar-refractivity contribution in [1.82, 2.24) is 0 Å². The van der Waals surface area contributed by atoms with Gasteiger partial charge >= 0.3 is 0 Å². The minimum absolute atomic E-state index is 0.0165. The van der Waals surface area contributed by atoms with E-state index in [1.165, 1.54) is 11.6 Å². The highest BCUT2D eigenvalue weighted by molar-refractivity contribution is 6.30. The minimum atomic E-state index is -0.0165. The quantitative estimate of drug-likeness (QED) is 0.630. The van der Waals surface area contributed by atoms with E-state index in [0.29, 0.717) is 10.6 Å². The summed E-state index contributed by atoms with van der Waals surface area (Å²) in [7, 11) is 0. The number of anilines is 1. The predicted molar refractivity (Wildman–Crippen MR) is 89.2 cm³/mol. The fourth-order valence-corrected chi connectivity index (χ4v) is 2.21. The van der Waals surface area contributed by atoms with Gasteiger partial charge in [0, 0.05) is 28.5 Å². The Hall–Kier alpha value is -2.06. The molecule has 0 aliphatic carbocycles. The van der Waals surface area contributed by atoms with Crippen LogP contribution in [0.15, 0.2) is 48.7 Å². The van der Waals surface area contributed by atoms with Crippen LogP contribution in [0.2, 0.25) is 5.02 Å². The molecule has 0 saturated carbocycles. The molecule has 0 amide bonds. The zero-order valence-corrected chi connectivity index (χ0v) is 13.2. The number of allylic oxidation sites excluding steroid dienone is 1. The molecule has 0 atom stereocenters. The third-order valence-corrected chi connectivity index (χ3v) is 3.69. The summed E-state index contributed by atoms with van der Waals surface area (Å²) in [6.07, 6.45) is 3.20. The van der Waals surface area contributed by atoms with Crippen LogP contribution >= 0.6 is 11.6 Å². The summed E-state index contributed by atoms with van der Waals surface area (Å²) >= 11 is 5.91. The number of aryl methyl sites for hydroxylation is 3. The molecule has 0 aromatic heterocycles. The lowest BCUT2D eigenvalue weighted by molar-refractivity contribution is 0.104. The van der Waals surface area contributed by atoms with Gasteiger partial charge in [-0.15, -0.1) is 0 Å². The summed E-state index contributed by atoms with van der Waals surface area (Å²) in [6.45, 7) is 6.00. The Morgan fingerprint density at radius 2 is 1.76 bits per heavy atom. The Kier molecular flexibility index (Phi) is 4.81. The van der Waals surface area contributed by atoms with E-state index in [4.69, 9.17) is 11.6 Å². The summed E-state index contributed by atoms with van der Waals surface area (Å²) in [5, 5.41) is 3.81. The van der Waals surface area contributed by atoms with Gasteiger partial charge in [-0.2, -0.15) is 0 Å². The Morgan fingerprint density at radius 3 is 2.43 bits per heavy atom. The number of benzene rings is 2. The molecule has 0 saturated heterocycles. The van der Waals surface area contributed by atoms with E-state index in [9.17, 15) is 4.79 Å². The molecule has 2 nitrogen and oxygen atoms in total. The first-order valence-electron chi connectivity index (χ1n) is 6.78. The van der Waals surface area contributed by atoms with Crippen molar-refractivity contribution in [2.24, 2.45) is 0 Å². The van der Waals surface area contributed by atoms with Crippen LogP contribution in [0.4, 0.5) is 5.69 Å². The van der Waals surface area contributed by atoms with Gasteiger partial charge in [-0.25, -0.2) is 0 Å². The zero-order valence-electron chi connectivity index (χ0n) is 12.4. The van der Waals surface area contributed by atoms with E-state index in [2.05, 4.69) is 5.32 Å². The van der Waals surface area contributed by atoms with E-state index in [1.807, 2.05) is 57.2 Å². The van der Waals surface area contributed by atoms with Crippen molar-refractivity contribution in [2.45, 2.75) is 20.8 Å². The van der Waals surface area contributed by atoms with Gasteiger partial charge < -0.3 is 5.32 Å². The van der Waals surface area contributed by atoms with E-state index in [-0.39, 0.29) is 5.78 Å². The number of hydrogen-bond acceptors (Lipinski definition) is 2. The second-order valence-electron chi connectivity index (χ2n) is 5.10. The van der Waals surface area contributed by atoms with Crippen LogP contribution in [0.1, 0.15) is 27.0 Å². The van der Waals surface area contributed by atoms with Gasteiger partial charge in [0.2, 0.25) is 0 Å². The standard InChI is InChI=1S/C18H18ClNO/c1-12-4-5-15(10-13(12)2)18(21)8-9-20-17-7-6-16(19)11-14(17)3/h4-11,20H,1-3H3/b9-8+. The van der Waals surface area contributed by atoms with Gasteiger partial charge in [-0.1, -0.05) is 23.7 Å². The summed E-state index contributed by atoms with van der Waals surface area (Å²) < 4.78 is 0. The summed E-state index contributed by atoms with van der Waals surface area (Å²) in [5.41, 5.74) is 4.97. The number of halogens is 1. The van der Waals surface area contributed by atoms with Crippen LogP contribution in [0.25, 0.3) is 0 Å². The molecule has 0 aliphatic rings. The lowest BCUT2D eigenvalue weighted by Gasteiger charge is -2.05. The first-order valence-corrected chi connectivity index (χ1v) is 7.16. The van der Waals surface area contributed by atoms with Crippen LogP contribution in [-0.2, 0) is 0 Å². The third-order valence-electron chi connectivity index (χ3n) is 3.45. The van der Waals surface area contributed by atoms with Gasteiger partial charge in [-0.3, -0.25) is 4.79 Å². The smallest absolute Gasteiger partial charge is 0.187 e. The Bertz CT molecular complexity index is 704. The number of nitrogens with one attached hydrogen (secondary N) is 1. The summed E-state index contributed by atoms with van der Waals surface area (Å²) in [4.78, 5) is 12.1. The highest BCUT2D eigenvalue weighted by Crippen LogP contribution is 2.19. The monoisotopic (exact) mass is 299 g/mol. The molecule has 2 aromatic carbocycles. The van der Waals surface area contributed by atoms with Crippen molar-refractivity contribution in [3.05, 3.63) is 76.0 Å². The van der Waals surface area contributed by atoms with Crippen LogP contribution in [-0.4, -0.2) is 5.78 Å². The van der Waals surface area contributed by atoms with Crippen molar-refractivity contribution in [2.75, 3.05) is 5.32 Å². The number of hydrogen-bond donors (Lipinski definition) is 1. The van der Waals surface area contributed by atoms with Crippen molar-refractivity contribution in [3.8, 4) is 0 Å². The van der Waals surface area contributed by atoms with Crippen LogP contribution in [0.5, 0.6) is 0 Å². The van der Waals surface area contributed by atoms with Gasteiger partial charge in [0.25, 0.3) is 0 Å². The average molecular weight is 300 g/mol. The zero-order chi connectivity index (χ0) is 15.4. The molecular formula is C18H18ClNO. The SMILES string of the molecule is Cc1ccc(C(=O)/C=C/Nc2ccc(Cl)cc2C)cc1C. The molecule has 0 spiro atoms. The van der Waals surface area contributed by atoms with Crippen LogP contribution in [0, 0.1) is 20.8 Å². The normalized spacial score (nSPS) is 10.9. The van der Waals surface area contributed by atoms with E-state index >= 15 is 0 Å². The number of rotatable bonds is 4. The molecule has 0 bridgehead atoms. The maximum absolute atomic E-state index is 12.1. The second kappa shape index (κ2) is 6.59. The van der Waals surface area contributed by atoms with Crippen molar-refractivity contribution in [3.63, 3.8) is 0 Å². The van der Waals surface area contributed by atoms with Crippen molar-refractivity contribution in [1.29, 1.82) is 0 Å². The van der Waals surface area contributed by atoms with Gasteiger partial charge in [0.05, 0.1) is 0 Å². The molecule has 1 N–H and O–H groups in total. The highest BCUT2D eigenvalue weighted by atomic mass is 35.5. The van der Waals surface area contributed by atoms with Crippen molar-refractivity contribution < 1.29 is 4.79 Å². The maximum Gasteiger partial charge on any atom is 0.187 e. The number of carbonyl (C=O) groups excluding carboxylic acids is 1. The molecule has 2 aromatic rings. The Balaban J connectivity index is 2.06. The molecule has 21 heavy (non-hydrogen) atoms. The molecule has 0 heterocycles.